The van der Waals surface area contributed by atoms with Crippen molar-refractivity contribution in [3.8, 4) is 12.1 Å². The lowest BCUT2D eigenvalue weighted by Gasteiger charge is -2.36. The van der Waals surface area contributed by atoms with Crippen molar-refractivity contribution in [2.45, 2.75) is 6.54 Å². The fraction of sp³-hybridized carbons (Fsp3) is 0.250. The molecule has 26 heavy (non-hydrogen) atoms. The topological polar surface area (TPSA) is 78.4 Å². The van der Waals surface area contributed by atoms with Crippen molar-refractivity contribution in [2.75, 3.05) is 36.5 Å². The van der Waals surface area contributed by atoms with E-state index in [2.05, 4.69) is 44.6 Å². The van der Waals surface area contributed by atoms with Crippen LogP contribution in [0.15, 0.2) is 59.7 Å². The van der Waals surface area contributed by atoms with E-state index >= 15 is 0 Å². The van der Waals surface area contributed by atoms with Crippen molar-refractivity contribution in [3.63, 3.8) is 0 Å². The monoisotopic (exact) mass is 344 g/mol. The first-order chi connectivity index (χ1) is 12.8. The molecule has 1 heterocycles. The van der Waals surface area contributed by atoms with E-state index in [0.29, 0.717) is 0 Å². The van der Waals surface area contributed by atoms with Gasteiger partial charge in [0.1, 0.15) is 12.1 Å². The molecule has 0 aliphatic carbocycles. The number of hydrazone groups is 1. The molecule has 6 nitrogen and oxygen atoms in total. The minimum absolute atomic E-state index is 0.191. The van der Waals surface area contributed by atoms with E-state index in [1.807, 2.05) is 30.3 Å². The number of piperazine rings is 1. The standard InChI is InChI=1S/C20H20N6/c21-14-19(15-22)24-23-18-6-8-20(9-7-18)26-12-10-25(11-13-26)16-17-4-2-1-3-5-17/h1-9,23H,10-13,16H2. The van der Waals surface area contributed by atoms with E-state index in [-0.39, 0.29) is 5.71 Å². The maximum Gasteiger partial charge on any atom is 0.237 e. The van der Waals surface area contributed by atoms with Gasteiger partial charge in [0, 0.05) is 38.4 Å². The van der Waals surface area contributed by atoms with Gasteiger partial charge in [-0.15, -0.1) is 0 Å². The van der Waals surface area contributed by atoms with Crippen LogP contribution in [-0.4, -0.2) is 36.8 Å². The molecule has 6 heteroatoms. The van der Waals surface area contributed by atoms with Gasteiger partial charge >= 0.3 is 0 Å². The number of nitrogens with zero attached hydrogens (tertiary/aromatic N) is 5. The fourth-order valence-electron chi connectivity index (χ4n) is 2.95. The fourth-order valence-corrected chi connectivity index (χ4v) is 2.95. The lowest BCUT2D eigenvalue weighted by Crippen LogP contribution is -2.45. The first kappa shape index (κ1) is 17.5. The molecule has 1 aliphatic rings. The summed E-state index contributed by atoms with van der Waals surface area (Å²) in [5, 5.41) is 21.1. The molecule has 0 unspecified atom stereocenters. The molecular weight excluding hydrogens is 324 g/mol. The van der Waals surface area contributed by atoms with E-state index in [0.717, 1.165) is 38.4 Å². The Hall–Kier alpha value is -3.35. The van der Waals surface area contributed by atoms with E-state index < -0.39 is 0 Å². The summed E-state index contributed by atoms with van der Waals surface area (Å²) in [6.45, 7) is 5.05. The number of nitrogens with one attached hydrogen (secondary N) is 1. The molecule has 0 radical (unpaired) electrons. The van der Waals surface area contributed by atoms with Crippen molar-refractivity contribution < 1.29 is 0 Å². The Labute approximate surface area is 153 Å². The predicted octanol–water partition coefficient (Wildman–Crippen LogP) is 2.82. The number of hydrogen-bond donors (Lipinski definition) is 1. The van der Waals surface area contributed by atoms with E-state index in [1.165, 1.54) is 11.3 Å². The van der Waals surface area contributed by atoms with Gasteiger partial charge in [-0.2, -0.15) is 15.6 Å². The first-order valence-corrected chi connectivity index (χ1v) is 8.53. The Morgan fingerprint density at radius 1 is 0.923 bits per heavy atom. The Morgan fingerprint density at radius 2 is 1.58 bits per heavy atom. The molecule has 0 amide bonds. The largest absolute Gasteiger partial charge is 0.369 e. The molecule has 0 saturated carbocycles. The highest BCUT2D eigenvalue weighted by Crippen LogP contribution is 2.20. The van der Waals surface area contributed by atoms with Gasteiger partial charge in [-0.05, 0) is 29.8 Å². The maximum atomic E-state index is 8.68. The summed E-state index contributed by atoms with van der Waals surface area (Å²) < 4.78 is 0. The van der Waals surface area contributed by atoms with Crippen molar-refractivity contribution in [1.29, 1.82) is 10.5 Å². The Kier molecular flexibility index (Phi) is 5.82. The van der Waals surface area contributed by atoms with Gasteiger partial charge in [0.05, 0.1) is 5.69 Å². The molecule has 130 valence electrons. The van der Waals surface area contributed by atoms with Crippen LogP contribution in [0.5, 0.6) is 0 Å². The molecule has 0 atom stereocenters. The summed E-state index contributed by atoms with van der Waals surface area (Å²) in [4.78, 5) is 4.84. The second kappa shape index (κ2) is 8.66. The Morgan fingerprint density at radius 3 is 2.19 bits per heavy atom. The third kappa shape index (κ3) is 4.60. The number of hydrogen-bond acceptors (Lipinski definition) is 6. The van der Waals surface area contributed by atoms with E-state index in [9.17, 15) is 0 Å². The summed E-state index contributed by atoms with van der Waals surface area (Å²) in [7, 11) is 0. The predicted molar refractivity (Wildman–Crippen MR) is 103 cm³/mol. The second-order valence-electron chi connectivity index (χ2n) is 6.09. The minimum atomic E-state index is -0.191. The van der Waals surface area contributed by atoms with E-state index in [4.69, 9.17) is 10.5 Å². The maximum absolute atomic E-state index is 8.68. The first-order valence-electron chi connectivity index (χ1n) is 8.53. The summed E-state index contributed by atoms with van der Waals surface area (Å²) in [6.07, 6.45) is 0. The molecular formula is C20H20N6. The van der Waals surface area contributed by atoms with Crippen molar-refractivity contribution in [1.82, 2.24) is 4.90 Å². The SMILES string of the molecule is N#CC(C#N)=NNc1ccc(N2CCN(Cc3ccccc3)CC2)cc1. The number of benzene rings is 2. The zero-order valence-corrected chi connectivity index (χ0v) is 14.5. The highest BCUT2D eigenvalue weighted by atomic mass is 15.3. The summed E-state index contributed by atoms with van der Waals surface area (Å²) >= 11 is 0. The summed E-state index contributed by atoms with van der Waals surface area (Å²) in [5.74, 6) is 0. The van der Waals surface area contributed by atoms with Gasteiger partial charge in [0.2, 0.25) is 5.71 Å². The van der Waals surface area contributed by atoms with Crippen LogP contribution in [0.25, 0.3) is 0 Å². The van der Waals surface area contributed by atoms with Gasteiger partial charge in [-0.1, -0.05) is 30.3 Å². The van der Waals surface area contributed by atoms with Gasteiger partial charge in [-0.3, -0.25) is 10.3 Å². The van der Waals surface area contributed by atoms with Crippen LogP contribution in [0.1, 0.15) is 5.56 Å². The van der Waals surface area contributed by atoms with Gasteiger partial charge < -0.3 is 4.90 Å². The number of nitriles is 2. The molecule has 0 bridgehead atoms. The number of rotatable bonds is 5. The van der Waals surface area contributed by atoms with Crippen molar-refractivity contribution in [2.24, 2.45) is 5.10 Å². The zero-order chi connectivity index (χ0) is 18.2. The minimum Gasteiger partial charge on any atom is -0.369 e. The van der Waals surface area contributed by atoms with Crippen LogP contribution in [0.3, 0.4) is 0 Å². The lowest BCUT2D eigenvalue weighted by molar-refractivity contribution is 0.250. The van der Waals surface area contributed by atoms with Gasteiger partial charge in [0.15, 0.2) is 0 Å². The van der Waals surface area contributed by atoms with Crippen LogP contribution in [0, 0.1) is 22.7 Å². The molecule has 0 spiro atoms. The van der Waals surface area contributed by atoms with E-state index in [1.54, 1.807) is 12.1 Å². The Bertz CT molecular complexity index is 805. The molecule has 1 saturated heterocycles. The summed E-state index contributed by atoms with van der Waals surface area (Å²) in [5.41, 5.74) is 5.80. The quantitative estimate of drug-likeness (QED) is 0.666. The van der Waals surface area contributed by atoms with Crippen molar-refractivity contribution in [3.05, 3.63) is 60.2 Å². The normalized spacial score (nSPS) is 14.2. The third-order valence-corrected chi connectivity index (χ3v) is 4.36. The van der Waals surface area contributed by atoms with Gasteiger partial charge in [0.25, 0.3) is 0 Å². The molecule has 1 fully saturated rings. The Balaban J connectivity index is 1.52. The van der Waals surface area contributed by atoms with Crippen LogP contribution in [-0.2, 0) is 6.54 Å². The molecule has 1 aliphatic heterocycles. The third-order valence-electron chi connectivity index (χ3n) is 4.36. The van der Waals surface area contributed by atoms with Crippen molar-refractivity contribution >= 4 is 17.1 Å². The lowest BCUT2D eigenvalue weighted by atomic mass is 10.2. The highest BCUT2D eigenvalue weighted by molar-refractivity contribution is 6.10. The zero-order valence-electron chi connectivity index (χ0n) is 14.5. The number of anilines is 2. The second-order valence-corrected chi connectivity index (χ2v) is 6.09. The average Bonchev–Trinajstić information content (AvgIpc) is 2.71. The smallest absolute Gasteiger partial charge is 0.237 e. The van der Waals surface area contributed by atoms with Crippen LogP contribution < -0.4 is 10.3 Å². The van der Waals surface area contributed by atoms with Gasteiger partial charge in [-0.25, -0.2) is 0 Å². The van der Waals surface area contributed by atoms with Crippen LogP contribution >= 0.6 is 0 Å². The molecule has 0 aromatic heterocycles. The molecule has 2 aromatic carbocycles. The van der Waals surface area contributed by atoms with Crippen LogP contribution in [0.4, 0.5) is 11.4 Å². The molecule has 2 aromatic rings. The molecule has 1 N–H and O–H groups in total. The molecule has 3 rings (SSSR count). The highest BCUT2D eigenvalue weighted by Gasteiger charge is 2.17. The average molecular weight is 344 g/mol. The summed E-state index contributed by atoms with van der Waals surface area (Å²) in [6, 6.07) is 21.9. The van der Waals surface area contributed by atoms with Crippen LogP contribution in [0.2, 0.25) is 0 Å².